The molecule has 4 aliphatic rings. The molecule has 2 aliphatic carbocycles. The van der Waals surface area contributed by atoms with E-state index in [2.05, 4.69) is 266 Å². The predicted octanol–water partition coefficient (Wildman–Crippen LogP) is 17.4. The smallest absolute Gasteiger partial charge is 0.132 e. The van der Waals surface area contributed by atoms with Crippen molar-refractivity contribution in [3.05, 3.63) is 305 Å². The highest BCUT2D eigenvalue weighted by Crippen LogP contribution is 2.66. The van der Waals surface area contributed by atoms with Crippen molar-refractivity contribution >= 4 is 17.1 Å². The number of benzene rings is 11. The van der Waals surface area contributed by atoms with Crippen LogP contribution in [-0.4, -0.2) is 0 Å². The lowest BCUT2D eigenvalue weighted by Gasteiger charge is -2.39. The molecule has 0 N–H and O–H groups in total. The van der Waals surface area contributed by atoms with E-state index in [-0.39, 0.29) is 0 Å². The molecule has 2 spiro atoms. The Labute approximate surface area is 413 Å². The largest absolute Gasteiger partial charge is 0.457 e. The molecule has 0 radical (unpaired) electrons. The zero-order valence-electron chi connectivity index (χ0n) is 38.6. The number of ether oxygens (including phenoxy) is 2. The summed E-state index contributed by atoms with van der Waals surface area (Å²) in [5.74, 6) is 3.53. The fourth-order valence-corrected chi connectivity index (χ4v) is 12.9. The van der Waals surface area contributed by atoms with Gasteiger partial charge in [-0.2, -0.15) is 0 Å². The lowest BCUT2D eigenvalue weighted by atomic mass is 9.66. The van der Waals surface area contributed by atoms with E-state index in [0.29, 0.717) is 0 Å². The van der Waals surface area contributed by atoms with E-state index in [0.717, 1.165) is 67.9 Å². The van der Waals surface area contributed by atoms with Crippen LogP contribution in [-0.2, 0) is 10.8 Å². The molecule has 15 rings (SSSR count). The molecule has 0 fully saturated rings. The standard InChI is InChI=1S/C68H43NO2/c1-2-20-44(21-3-1)45-40-42-46(43-41-45)69(60-35-19-33-58-66(60)50-24-5-8-27-52(50)68(58)55-30-11-16-38-63(55)71-64-39-17-12-31-56(64)68)59-34-13-6-22-47(59)48-25-18-32-57-65(48)49-23-4-7-26-51(49)67(57)53-28-9-14-36-61(53)70-62-37-15-10-29-54(62)67/h1-43H. The van der Waals surface area contributed by atoms with Crippen LogP contribution in [0.2, 0.25) is 0 Å². The molecule has 0 atom stereocenters. The number of nitrogens with zero attached hydrogens (tertiary/aromatic N) is 1. The Hall–Kier alpha value is -9.18. The normalized spacial score (nSPS) is 14.1. The monoisotopic (exact) mass is 905 g/mol. The summed E-state index contributed by atoms with van der Waals surface area (Å²) in [6, 6.07) is 95.2. The Balaban J connectivity index is 1.01. The van der Waals surface area contributed by atoms with Gasteiger partial charge in [-0.05, 0) is 104 Å². The number of hydrogen-bond acceptors (Lipinski definition) is 3. The first kappa shape index (κ1) is 39.8. The predicted molar refractivity (Wildman–Crippen MR) is 287 cm³/mol. The third kappa shape index (κ3) is 5.38. The fourth-order valence-electron chi connectivity index (χ4n) is 12.9. The third-order valence-corrected chi connectivity index (χ3v) is 15.6. The maximum absolute atomic E-state index is 6.75. The molecule has 3 nitrogen and oxygen atoms in total. The summed E-state index contributed by atoms with van der Waals surface area (Å²) in [4.78, 5) is 2.52. The van der Waals surface area contributed by atoms with E-state index in [4.69, 9.17) is 9.47 Å². The molecular formula is C68H43NO2. The van der Waals surface area contributed by atoms with Gasteiger partial charge in [0, 0.05) is 39.1 Å². The van der Waals surface area contributed by atoms with Gasteiger partial charge in [0.15, 0.2) is 0 Å². The molecule has 0 aromatic heterocycles. The van der Waals surface area contributed by atoms with Crippen molar-refractivity contribution in [3.8, 4) is 67.5 Å². The zero-order chi connectivity index (χ0) is 46.7. The summed E-state index contributed by atoms with van der Waals surface area (Å²) >= 11 is 0. The zero-order valence-corrected chi connectivity index (χ0v) is 38.6. The molecule has 71 heavy (non-hydrogen) atoms. The summed E-state index contributed by atoms with van der Waals surface area (Å²) < 4.78 is 13.5. The Kier molecular flexibility index (Phi) is 8.49. The molecule has 2 aliphatic heterocycles. The van der Waals surface area contributed by atoms with E-state index >= 15 is 0 Å². The average molecular weight is 906 g/mol. The Bertz CT molecular complexity index is 3870. The number of anilines is 3. The molecule has 0 saturated heterocycles. The van der Waals surface area contributed by atoms with Gasteiger partial charge in [-0.15, -0.1) is 0 Å². The minimum Gasteiger partial charge on any atom is -0.457 e. The van der Waals surface area contributed by atoms with E-state index in [1.54, 1.807) is 0 Å². The summed E-state index contributed by atoms with van der Waals surface area (Å²) in [7, 11) is 0. The Morgan fingerprint density at radius 2 is 0.606 bits per heavy atom. The minimum atomic E-state index is -0.621. The van der Waals surface area contributed by atoms with Gasteiger partial charge in [-0.25, -0.2) is 0 Å². The SMILES string of the molecule is c1ccc(-c2ccc(N(c3ccccc3-c3cccc4c3-c3ccccc3C43c4ccccc4Oc4ccccc43)c3cccc4c3-c3ccccc3C43c4ccccc4Oc4ccccc43)cc2)cc1. The quantitative estimate of drug-likeness (QED) is 0.172. The van der Waals surface area contributed by atoms with Gasteiger partial charge in [0.25, 0.3) is 0 Å². The number of fused-ring (bicyclic) bond motifs is 18. The van der Waals surface area contributed by atoms with Crippen molar-refractivity contribution in [2.45, 2.75) is 10.8 Å². The van der Waals surface area contributed by atoms with Gasteiger partial charge in [-0.3, -0.25) is 0 Å². The van der Waals surface area contributed by atoms with Crippen molar-refractivity contribution in [1.82, 2.24) is 0 Å². The van der Waals surface area contributed by atoms with Crippen LogP contribution in [0.5, 0.6) is 23.0 Å². The van der Waals surface area contributed by atoms with Crippen LogP contribution in [0, 0.1) is 0 Å². The molecule has 0 saturated carbocycles. The van der Waals surface area contributed by atoms with Gasteiger partial charge in [-0.1, -0.05) is 212 Å². The van der Waals surface area contributed by atoms with Gasteiger partial charge in [0.1, 0.15) is 23.0 Å². The molecule has 0 amide bonds. The van der Waals surface area contributed by atoms with Gasteiger partial charge in [0.05, 0.1) is 22.2 Å². The second-order valence-electron chi connectivity index (χ2n) is 19.0. The Morgan fingerprint density at radius 1 is 0.239 bits per heavy atom. The highest BCUT2D eigenvalue weighted by Gasteiger charge is 2.53. The van der Waals surface area contributed by atoms with Gasteiger partial charge in [0.2, 0.25) is 0 Å². The molecular weight excluding hydrogens is 863 g/mol. The van der Waals surface area contributed by atoms with Crippen molar-refractivity contribution in [2.75, 3.05) is 4.90 Å². The van der Waals surface area contributed by atoms with Crippen LogP contribution in [0.25, 0.3) is 44.5 Å². The maximum Gasteiger partial charge on any atom is 0.132 e. The second-order valence-corrected chi connectivity index (χ2v) is 19.0. The number of hydrogen-bond donors (Lipinski definition) is 0. The molecule has 11 aromatic rings. The average Bonchev–Trinajstić information content (AvgIpc) is 3.91. The van der Waals surface area contributed by atoms with Gasteiger partial charge >= 0.3 is 0 Å². The Morgan fingerprint density at radius 3 is 1.15 bits per heavy atom. The first-order valence-corrected chi connectivity index (χ1v) is 24.5. The lowest BCUT2D eigenvalue weighted by molar-refractivity contribution is 0.436. The lowest BCUT2D eigenvalue weighted by Crippen LogP contribution is -2.32. The summed E-state index contributed by atoms with van der Waals surface area (Å²) in [5, 5.41) is 0. The van der Waals surface area contributed by atoms with Crippen LogP contribution < -0.4 is 14.4 Å². The van der Waals surface area contributed by atoms with Crippen molar-refractivity contribution in [1.29, 1.82) is 0 Å². The molecule has 3 heteroatoms. The highest BCUT2D eigenvalue weighted by molar-refractivity contribution is 6.04. The minimum absolute atomic E-state index is 0.593. The second kappa shape index (κ2) is 15.2. The van der Waals surface area contributed by atoms with Crippen molar-refractivity contribution < 1.29 is 9.47 Å². The molecule has 0 bridgehead atoms. The van der Waals surface area contributed by atoms with Crippen LogP contribution in [0.1, 0.15) is 44.5 Å². The molecule has 11 aromatic carbocycles. The number of para-hydroxylation sites is 5. The summed E-state index contributed by atoms with van der Waals surface area (Å²) in [5.41, 5.74) is 21.2. The summed E-state index contributed by atoms with van der Waals surface area (Å²) in [6.45, 7) is 0. The van der Waals surface area contributed by atoms with Crippen LogP contribution in [0.15, 0.2) is 261 Å². The maximum atomic E-state index is 6.75. The number of rotatable bonds is 5. The van der Waals surface area contributed by atoms with Crippen LogP contribution in [0.3, 0.4) is 0 Å². The molecule has 0 unspecified atom stereocenters. The topological polar surface area (TPSA) is 21.7 Å². The van der Waals surface area contributed by atoms with E-state index in [1.165, 1.54) is 61.2 Å². The van der Waals surface area contributed by atoms with E-state index < -0.39 is 10.8 Å². The molecule has 332 valence electrons. The molecule has 2 heterocycles. The van der Waals surface area contributed by atoms with Crippen molar-refractivity contribution in [2.24, 2.45) is 0 Å². The summed E-state index contributed by atoms with van der Waals surface area (Å²) in [6.07, 6.45) is 0. The van der Waals surface area contributed by atoms with Crippen molar-refractivity contribution in [3.63, 3.8) is 0 Å². The van der Waals surface area contributed by atoms with Gasteiger partial charge < -0.3 is 14.4 Å². The fraction of sp³-hybridized carbons (Fsp3) is 0.0294. The third-order valence-electron chi connectivity index (χ3n) is 15.6. The first-order chi connectivity index (χ1) is 35.2. The van der Waals surface area contributed by atoms with Crippen LogP contribution >= 0.6 is 0 Å². The highest BCUT2D eigenvalue weighted by atomic mass is 16.5. The van der Waals surface area contributed by atoms with E-state index in [1.807, 2.05) is 0 Å². The first-order valence-electron chi connectivity index (χ1n) is 24.5. The van der Waals surface area contributed by atoms with E-state index in [9.17, 15) is 0 Å². The van der Waals surface area contributed by atoms with Crippen LogP contribution in [0.4, 0.5) is 17.1 Å².